The number of hydrogen-bond acceptors (Lipinski definition) is 3. The van der Waals surface area contributed by atoms with E-state index in [4.69, 9.17) is 0 Å². The Kier molecular flexibility index (Phi) is 13.7. The van der Waals surface area contributed by atoms with Crippen molar-refractivity contribution in [2.24, 2.45) is 4.99 Å². The Bertz CT molecular complexity index is 648. The number of nitrogens with zero attached hydrogens (tertiary/aromatic N) is 1. The average Bonchev–Trinajstić information content (AvgIpc) is 2.63. The molecule has 1 rings (SSSR count). The number of sulfonamides is 1. The zero-order chi connectivity index (χ0) is 19.4. The molecule has 0 saturated heterocycles. The largest absolute Gasteiger partial charge is 0.354 e. The first-order chi connectivity index (χ1) is 12.4. The normalized spacial score (nSPS) is 13.0. The Morgan fingerprint density at radius 2 is 1.74 bits per heavy atom. The van der Waals surface area contributed by atoms with Crippen LogP contribution in [0.25, 0.3) is 0 Å². The number of hydrogen-bond donors (Lipinski definition) is 3. The van der Waals surface area contributed by atoms with Crippen LogP contribution in [0.15, 0.2) is 29.3 Å². The maximum absolute atomic E-state index is 11.6. The van der Waals surface area contributed by atoms with Gasteiger partial charge in [0.2, 0.25) is 10.0 Å². The van der Waals surface area contributed by atoms with Crippen molar-refractivity contribution in [2.75, 3.05) is 14.1 Å². The predicted octanol–water partition coefficient (Wildman–Crippen LogP) is 3.38. The Balaban J connectivity index is 0.00000676. The number of guanidine groups is 1. The van der Waals surface area contributed by atoms with Crippen molar-refractivity contribution in [3.63, 3.8) is 0 Å². The molecule has 0 amide bonds. The van der Waals surface area contributed by atoms with Gasteiger partial charge in [0.1, 0.15) is 0 Å². The number of aliphatic imine (C=N–C) groups is 1. The average molecular weight is 510 g/mol. The molecule has 1 aromatic rings. The highest BCUT2D eigenvalue weighted by atomic mass is 127. The minimum atomic E-state index is -3.23. The van der Waals surface area contributed by atoms with Crippen molar-refractivity contribution in [3.8, 4) is 0 Å². The molecule has 3 N–H and O–H groups in total. The molecule has 0 aromatic heterocycles. The molecule has 0 spiro atoms. The highest BCUT2D eigenvalue weighted by Crippen LogP contribution is 2.08. The second-order valence-corrected chi connectivity index (χ2v) is 8.53. The molecule has 1 atom stereocenters. The van der Waals surface area contributed by atoms with Gasteiger partial charge >= 0.3 is 0 Å². The molecule has 0 fully saturated rings. The van der Waals surface area contributed by atoms with Gasteiger partial charge in [0.05, 0.1) is 5.75 Å². The third-order valence-electron chi connectivity index (χ3n) is 4.25. The van der Waals surface area contributed by atoms with Crippen molar-refractivity contribution in [1.82, 2.24) is 15.4 Å². The summed E-state index contributed by atoms with van der Waals surface area (Å²) in [5.41, 5.74) is 1.85. The fourth-order valence-electron chi connectivity index (χ4n) is 2.61. The Hall–Kier alpha value is -0.870. The van der Waals surface area contributed by atoms with Crippen LogP contribution in [0.2, 0.25) is 0 Å². The number of benzene rings is 1. The van der Waals surface area contributed by atoms with Gasteiger partial charge in [-0.3, -0.25) is 4.99 Å². The summed E-state index contributed by atoms with van der Waals surface area (Å²) >= 11 is 0. The lowest BCUT2D eigenvalue weighted by atomic mass is 10.1. The molecule has 156 valence electrons. The van der Waals surface area contributed by atoms with E-state index in [1.165, 1.54) is 32.7 Å². The maximum atomic E-state index is 11.6. The monoisotopic (exact) mass is 510 g/mol. The molecular formula is C19H35IN4O2S. The van der Waals surface area contributed by atoms with E-state index in [1.807, 2.05) is 24.3 Å². The van der Waals surface area contributed by atoms with Crippen LogP contribution in [0.5, 0.6) is 0 Å². The van der Waals surface area contributed by atoms with Gasteiger partial charge in [-0.15, -0.1) is 24.0 Å². The molecule has 27 heavy (non-hydrogen) atoms. The van der Waals surface area contributed by atoms with Crippen LogP contribution >= 0.6 is 24.0 Å². The molecule has 1 unspecified atom stereocenters. The Morgan fingerprint density at radius 1 is 1.11 bits per heavy atom. The minimum Gasteiger partial charge on any atom is -0.354 e. The van der Waals surface area contributed by atoms with E-state index in [2.05, 4.69) is 34.2 Å². The third kappa shape index (κ3) is 11.5. The van der Waals surface area contributed by atoms with Gasteiger partial charge in [-0.25, -0.2) is 13.1 Å². The standard InChI is InChI=1S/C19H34N4O2S.HI/c1-5-6-7-8-9-16(2)23-19(20-3)22-14-17-10-12-18(13-11-17)15-26(24,25)21-4;/h10-13,16,21H,5-9,14-15H2,1-4H3,(H2,20,22,23);1H. The van der Waals surface area contributed by atoms with E-state index in [9.17, 15) is 8.42 Å². The molecule has 1 aromatic carbocycles. The summed E-state index contributed by atoms with van der Waals surface area (Å²) in [6.45, 7) is 5.04. The van der Waals surface area contributed by atoms with Crippen LogP contribution in [-0.4, -0.2) is 34.5 Å². The lowest BCUT2D eigenvalue weighted by Crippen LogP contribution is -2.41. The predicted molar refractivity (Wildman–Crippen MR) is 125 cm³/mol. The molecule has 0 saturated carbocycles. The summed E-state index contributed by atoms with van der Waals surface area (Å²) in [6.07, 6.45) is 6.20. The molecular weight excluding hydrogens is 475 g/mol. The van der Waals surface area contributed by atoms with Crippen molar-refractivity contribution in [1.29, 1.82) is 0 Å². The van der Waals surface area contributed by atoms with Crippen molar-refractivity contribution in [3.05, 3.63) is 35.4 Å². The SMILES string of the molecule is CCCCCCC(C)NC(=NC)NCc1ccc(CS(=O)(=O)NC)cc1.I. The summed E-state index contributed by atoms with van der Waals surface area (Å²) < 4.78 is 25.5. The maximum Gasteiger partial charge on any atom is 0.215 e. The van der Waals surface area contributed by atoms with Crippen LogP contribution in [0, 0.1) is 0 Å². The number of unbranched alkanes of at least 4 members (excludes halogenated alkanes) is 3. The van der Waals surface area contributed by atoms with Gasteiger partial charge in [-0.2, -0.15) is 0 Å². The minimum absolute atomic E-state index is 0. The van der Waals surface area contributed by atoms with Crippen molar-refractivity contribution >= 4 is 40.0 Å². The zero-order valence-corrected chi connectivity index (χ0v) is 20.1. The second-order valence-electron chi connectivity index (χ2n) is 6.60. The van der Waals surface area contributed by atoms with Crippen LogP contribution in [0.1, 0.15) is 57.1 Å². The lowest BCUT2D eigenvalue weighted by Gasteiger charge is -2.18. The Labute approximate surface area is 182 Å². The van der Waals surface area contributed by atoms with Gasteiger partial charge in [0, 0.05) is 19.6 Å². The van der Waals surface area contributed by atoms with E-state index in [0.717, 1.165) is 23.5 Å². The zero-order valence-electron chi connectivity index (χ0n) is 16.9. The quantitative estimate of drug-likeness (QED) is 0.185. The molecule has 0 bridgehead atoms. The second kappa shape index (κ2) is 14.2. The highest BCUT2D eigenvalue weighted by Gasteiger charge is 2.08. The molecule has 0 aliphatic heterocycles. The van der Waals surface area contributed by atoms with Crippen molar-refractivity contribution < 1.29 is 8.42 Å². The first kappa shape index (κ1) is 26.1. The number of halogens is 1. The smallest absolute Gasteiger partial charge is 0.215 e. The Morgan fingerprint density at radius 3 is 2.30 bits per heavy atom. The number of rotatable bonds is 11. The molecule has 6 nitrogen and oxygen atoms in total. The fourth-order valence-corrected chi connectivity index (χ4v) is 3.38. The summed E-state index contributed by atoms with van der Waals surface area (Å²) in [7, 11) is -0.0386. The molecule has 0 heterocycles. The van der Waals surface area contributed by atoms with Gasteiger partial charge < -0.3 is 10.6 Å². The van der Waals surface area contributed by atoms with E-state index in [-0.39, 0.29) is 29.7 Å². The first-order valence-electron chi connectivity index (χ1n) is 9.36. The highest BCUT2D eigenvalue weighted by molar-refractivity contribution is 14.0. The molecule has 0 radical (unpaired) electrons. The molecule has 8 heteroatoms. The third-order valence-corrected chi connectivity index (χ3v) is 5.58. The van der Waals surface area contributed by atoms with E-state index in [0.29, 0.717) is 12.6 Å². The summed E-state index contributed by atoms with van der Waals surface area (Å²) in [5, 5.41) is 6.72. The fraction of sp³-hybridized carbons (Fsp3) is 0.632. The first-order valence-corrected chi connectivity index (χ1v) is 11.0. The molecule has 0 aliphatic carbocycles. The summed E-state index contributed by atoms with van der Waals surface area (Å²) in [5.74, 6) is 0.783. The van der Waals surface area contributed by atoms with E-state index in [1.54, 1.807) is 7.05 Å². The van der Waals surface area contributed by atoms with Crippen LogP contribution in [-0.2, 0) is 22.3 Å². The number of nitrogens with one attached hydrogen (secondary N) is 3. The topological polar surface area (TPSA) is 82.6 Å². The van der Waals surface area contributed by atoms with Gasteiger partial charge in [0.25, 0.3) is 0 Å². The summed E-state index contributed by atoms with van der Waals surface area (Å²) in [4.78, 5) is 4.27. The molecule has 0 aliphatic rings. The lowest BCUT2D eigenvalue weighted by molar-refractivity contribution is 0.537. The summed E-state index contributed by atoms with van der Waals surface area (Å²) in [6, 6.07) is 7.95. The van der Waals surface area contributed by atoms with Gasteiger partial charge in [0.15, 0.2) is 5.96 Å². The van der Waals surface area contributed by atoms with Gasteiger partial charge in [-0.1, -0.05) is 56.9 Å². The van der Waals surface area contributed by atoms with Gasteiger partial charge in [-0.05, 0) is 31.5 Å². The van der Waals surface area contributed by atoms with E-state index >= 15 is 0 Å². The van der Waals surface area contributed by atoms with E-state index < -0.39 is 10.0 Å². The van der Waals surface area contributed by atoms with Crippen LogP contribution in [0.3, 0.4) is 0 Å². The van der Waals surface area contributed by atoms with Crippen LogP contribution in [0.4, 0.5) is 0 Å². The van der Waals surface area contributed by atoms with Crippen LogP contribution < -0.4 is 15.4 Å². The van der Waals surface area contributed by atoms with Crippen molar-refractivity contribution in [2.45, 2.75) is 64.3 Å².